The SMILES string of the molecule is Bc1cccc(CC(O)CCC)c1. The van der Waals surface area contributed by atoms with Gasteiger partial charge in [0.15, 0.2) is 0 Å². The van der Waals surface area contributed by atoms with E-state index in [0.717, 1.165) is 19.3 Å². The lowest BCUT2D eigenvalue weighted by atomic mass is 9.92. The molecule has 1 unspecified atom stereocenters. The second-order valence-corrected chi connectivity index (χ2v) is 3.64. The Morgan fingerprint density at radius 1 is 1.46 bits per heavy atom. The average molecular weight is 176 g/mol. The van der Waals surface area contributed by atoms with E-state index in [0.29, 0.717) is 0 Å². The zero-order valence-electron chi connectivity index (χ0n) is 8.46. The van der Waals surface area contributed by atoms with E-state index >= 15 is 0 Å². The Morgan fingerprint density at radius 3 is 2.85 bits per heavy atom. The molecule has 13 heavy (non-hydrogen) atoms. The highest BCUT2D eigenvalue weighted by Gasteiger charge is 2.03. The van der Waals surface area contributed by atoms with Crippen molar-refractivity contribution >= 4 is 13.3 Å². The van der Waals surface area contributed by atoms with E-state index in [1.54, 1.807) is 0 Å². The van der Waals surface area contributed by atoms with Crippen molar-refractivity contribution in [1.82, 2.24) is 0 Å². The number of hydrogen-bond donors (Lipinski definition) is 1. The first kappa shape index (κ1) is 10.3. The molecule has 1 N–H and O–H groups in total. The van der Waals surface area contributed by atoms with Gasteiger partial charge in [0.2, 0.25) is 0 Å². The minimum Gasteiger partial charge on any atom is -0.393 e. The van der Waals surface area contributed by atoms with Crippen LogP contribution in [0, 0.1) is 0 Å². The number of benzene rings is 1. The quantitative estimate of drug-likeness (QED) is 0.667. The van der Waals surface area contributed by atoms with E-state index < -0.39 is 0 Å². The van der Waals surface area contributed by atoms with Crippen molar-refractivity contribution in [3.63, 3.8) is 0 Å². The van der Waals surface area contributed by atoms with E-state index in [1.165, 1.54) is 11.0 Å². The Morgan fingerprint density at radius 2 is 2.23 bits per heavy atom. The molecule has 0 spiro atoms. The van der Waals surface area contributed by atoms with Crippen LogP contribution < -0.4 is 5.46 Å². The van der Waals surface area contributed by atoms with E-state index in [-0.39, 0.29) is 6.10 Å². The number of rotatable bonds is 4. The molecule has 0 saturated heterocycles. The predicted molar refractivity (Wildman–Crippen MR) is 59.2 cm³/mol. The molecular formula is C11H17BO. The number of aliphatic hydroxyl groups excluding tert-OH is 1. The fourth-order valence-electron chi connectivity index (χ4n) is 1.55. The molecule has 0 aliphatic rings. The predicted octanol–water partition coefficient (Wildman–Crippen LogP) is 0.649. The van der Waals surface area contributed by atoms with Crippen molar-refractivity contribution < 1.29 is 5.11 Å². The van der Waals surface area contributed by atoms with Crippen LogP contribution in [0.4, 0.5) is 0 Å². The maximum absolute atomic E-state index is 9.59. The first-order valence-electron chi connectivity index (χ1n) is 4.96. The fourth-order valence-corrected chi connectivity index (χ4v) is 1.55. The van der Waals surface area contributed by atoms with E-state index in [1.807, 2.05) is 6.07 Å². The summed E-state index contributed by atoms with van der Waals surface area (Å²) < 4.78 is 0. The van der Waals surface area contributed by atoms with Gasteiger partial charge in [-0.3, -0.25) is 0 Å². The standard InChI is InChI=1S/C11H17BO/c1-2-4-11(13)8-9-5-3-6-10(12)7-9/h3,5-7,11,13H,2,4,8,12H2,1H3. The second kappa shape index (κ2) is 5.08. The molecule has 1 nitrogen and oxygen atoms in total. The highest BCUT2D eigenvalue weighted by molar-refractivity contribution is 6.32. The summed E-state index contributed by atoms with van der Waals surface area (Å²) in [5.41, 5.74) is 2.50. The first-order valence-corrected chi connectivity index (χ1v) is 4.96. The van der Waals surface area contributed by atoms with Crippen molar-refractivity contribution in [3.8, 4) is 0 Å². The summed E-state index contributed by atoms with van der Waals surface area (Å²) in [6.07, 6.45) is 2.56. The minimum atomic E-state index is -0.174. The summed E-state index contributed by atoms with van der Waals surface area (Å²) in [6.45, 7) is 2.10. The lowest BCUT2D eigenvalue weighted by Gasteiger charge is -2.09. The highest BCUT2D eigenvalue weighted by atomic mass is 16.3. The Hall–Kier alpha value is -0.755. The van der Waals surface area contributed by atoms with E-state index in [2.05, 4.69) is 33.0 Å². The average Bonchev–Trinajstić information content (AvgIpc) is 2.04. The van der Waals surface area contributed by atoms with Crippen LogP contribution >= 0.6 is 0 Å². The first-order chi connectivity index (χ1) is 6.22. The lowest BCUT2D eigenvalue weighted by molar-refractivity contribution is 0.164. The van der Waals surface area contributed by atoms with Gasteiger partial charge in [-0.1, -0.05) is 43.1 Å². The van der Waals surface area contributed by atoms with Gasteiger partial charge in [-0.2, -0.15) is 0 Å². The Balaban J connectivity index is 2.53. The molecule has 1 rings (SSSR count). The normalized spacial score (nSPS) is 12.8. The van der Waals surface area contributed by atoms with Gasteiger partial charge in [-0.05, 0) is 18.4 Å². The molecule has 0 saturated carbocycles. The summed E-state index contributed by atoms with van der Waals surface area (Å²) in [4.78, 5) is 0. The maximum Gasteiger partial charge on any atom is 0.139 e. The molecule has 0 bridgehead atoms. The molecule has 1 aromatic rings. The third-order valence-corrected chi connectivity index (χ3v) is 2.18. The molecule has 0 aromatic heterocycles. The van der Waals surface area contributed by atoms with Crippen LogP contribution in [0.1, 0.15) is 25.3 Å². The number of hydrogen-bond acceptors (Lipinski definition) is 1. The maximum atomic E-state index is 9.59. The molecule has 1 aromatic carbocycles. The molecule has 0 amide bonds. The smallest absolute Gasteiger partial charge is 0.139 e. The van der Waals surface area contributed by atoms with Crippen molar-refractivity contribution in [3.05, 3.63) is 29.8 Å². The Bertz CT molecular complexity index is 260. The van der Waals surface area contributed by atoms with Crippen molar-refractivity contribution in [2.75, 3.05) is 0 Å². The van der Waals surface area contributed by atoms with Crippen molar-refractivity contribution in [2.24, 2.45) is 0 Å². The summed E-state index contributed by atoms with van der Waals surface area (Å²) in [5, 5.41) is 9.59. The third kappa shape index (κ3) is 3.64. The van der Waals surface area contributed by atoms with Crippen LogP contribution in [0.5, 0.6) is 0 Å². The van der Waals surface area contributed by atoms with E-state index in [9.17, 15) is 5.11 Å². The summed E-state index contributed by atoms with van der Waals surface area (Å²) >= 11 is 0. The monoisotopic (exact) mass is 176 g/mol. The lowest BCUT2D eigenvalue weighted by Crippen LogP contribution is -2.11. The van der Waals surface area contributed by atoms with Crippen LogP contribution in [-0.4, -0.2) is 19.1 Å². The summed E-state index contributed by atoms with van der Waals surface area (Å²) in [5.74, 6) is 0. The molecule has 70 valence electrons. The zero-order chi connectivity index (χ0) is 9.68. The van der Waals surface area contributed by atoms with Crippen molar-refractivity contribution in [1.29, 1.82) is 0 Å². The van der Waals surface area contributed by atoms with Crippen LogP contribution in [0.15, 0.2) is 24.3 Å². The molecule has 0 heterocycles. The summed E-state index contributed by atoms with van der Waals surface area (Å²) in [7, 11) is 2.08. The topological polar surface area (TPSA) is 20.2 Å². The van der Waals surface area contributed by atoms with Gasteiger partial charge in [0.25, 0.3) is 0 Å². The summed E-state index contributed by atoms with van der Waals surface area (Å²) in [6, 6.07) is 8.34. The largest absolute Gasteiger partial charge is 0.393 e. The zero-order valence-corrected chi connectivity index (χ0v) is 8.46. The van der Waals surface area contributed by atoms with Gasteiger partial charge in [0.1, 0.15) is 7.85 Å². The van der Waals surface area contributed by atoms with Gasteiger partial charge in [0, 0.05) is 0 Å². The van der Waals surface area contributed by atoms with Gasteiger partial charge >= 0.3 is 0 Å². The van der Waals surface area contributed by atoms with Gasteiger partial charge in [-0.25, -0.2) is 0 Å². The third-order valence-electron chi connectivity index (χ3n) is 2.18. The number of aliphatic hydroxyl groups is 1. The molecule has 0 aliphatic heterocycles. The van der Waals surface area contributed by atoms with Crippen LogP contribution in [0.2, 0.25) is 0 Å². The van der Waals surface area contributed by atoms with Crippen LogP contribution in [0.3, 0.4) is 0 Å². The fraction of sp³-hybridized carbons (Fsp3) is 0.455. The molecular weight excluding hydrogens is 159 g/mol. The van der Waals surface area contributed by atoms with Gasteiger partial charge < -0.3 is 5.11 Å². The van der Waals surface area contributed by atoms with Crippen LogP contribution in [0.25, 0.3) is 0 Å². The molecule has 0 radical (unpaired) electrons. The molecule has 0 fully saturated rings. The molecule has 2 heteroatoms. The second-order valence-electron chi connectivity index (χ2n) is 3.64. The molecule has 0 aliphatic carbocycles. The Labute approximate surface area is 81.2 Å². The Kier molecular flexibility index (Phi) is 4.03. The highest BCUT2D eigenvalue weighted by Crippen LogP contribution is 2.05. The van der Waals surface area contributed by atoms with Crippen LogP contribution in [-0.2, 0) is 6.42 Å². The van der Waals surface area contributed by atoms with Gasteiger partial charge in [0.05, 0.1) is 6.10 Å². The minimum absolute atomic E-state index is 0.174. The van der Waals surface area contributed by atoms with Crippen molar-refractivity contribution in [2.45, 2.75) is 32.3 Å². The van der Waals surface area contributed by atoms with E-state index in [4.69, 9.17) is 0 Å². The van der Waals surface area contributed by atoms with Gasteiger partial charge in [-0.15, -0.1) is 0 Å². The molecule has 1 atom stereocenters.